The van der Waals surface area contributed by atoms with Gasteiger partial charge in [-0.3, -0.25) is 0 Å². The largest absolute Gasteiger partial charge is 0.491 e. The lowest BCUT2D eigenvalue weighted by Crippen LogP contribution is -2.04. The molecule has 0 amide bonds. The molecule has 2 rings (SSSR count). The highest BCUT2D eigenvalue weighted by atomic mass is 16.5. The number of hydrogen-bond donors (Lipinski definition) is 1. The Balaban J connectivity index is 2.20. The van der Waals surface area contributed by atoms with Gasteiger partial charge < -0.3 is 15.2 Å². The standard InChI is InChI=1S/C10H12N4O2/c1-15-4-5-16-7-2-3-8-9(6-7)13-14-10(11)12-8/h2-3,6H,4-5H2,1H3,(H2,11,12,14). The number of aromatic nitrogens is 3. The molecular weight excluding hydrogens is 208 g/mol. The third-order valence-corrected chi connectivity index (χ3v) is 2.00. The highest BCUT2D eigenvalue weighted by Gasteiger charge is 2.01. The predicted octanol–water partition coefficient (Wildman–Crippen LogP) is 0.632. The molecule has 0 aliphatic heterocycles. The summed E-state index contributed by atoms with van der Waals surface area (Å²) < 4.78 is 10.3. The van der Waals surface area contributed by atoms with Crippen molar-refractivity contribution in [3.8, 4) is 5.75 Å². The third kappa shape index (κ3) is 2.34. The summed E-state index contributed by atoms with van der Waals surface area (Å²) in [5, 5.41) is 7.60. The quantitative estimate of drug-likeness (QED) is 0.761. The van der Waals surface area contributed by atoms with E-state index in [0.717, 1.165) is 0 Å². The molecule has 2 N–H and O–H groups in total. The van der Waals surface area contributed by atoms with Gasteiger partial charge in [0.05, 0.1) is 12.1 Å². The lowest BCUT2D eigenvalue weighted by molar-refractivity contribution is 0.146. The molecule has 16 heavy (non-hydrogen) atoms. The molecule has 6 heteroatoms. The van der Waals surface area contributed by atoms with E-state index in [1.165, 1.54) is 0 Å². The van der Waals surface area contributed by atoms with Crippen LogP contribution in [0, 0.1) is 0 Å². The van der Waals surface area contributed by atoms with Gasteiger partial charge >= 0.3 is 0 Å². The Bertz CT molecular complexity index is 489. The molecule has 0 bridgehead atoms. The Morgan fingerprint density at radius 1 is 1.19 bits per heavy atom. The summed E-state index contributed by atoms with van der Waals surface area (Å²) in [5.41, 5.74) is 6.78. The number of anilines is 1. The van der Waals surface area contributed by atoms with Crippen molar-refractivity contribution < 1.29 is 9.47 Å². The normalized spacial score (nSPS) is 10.6. The van der Waals surface area contributed by atoms with Crippen molar-refractivity contribution in [1.82, 2.24) is 15.2 Å². The second-order valence-corrected chi connectivity index (χ2v) is 3.16. The number of hydrogen-bond acceptors (Lipinski definition) is 6. The molecule has 1 aromatic carbocycles. The zero-order valence-electron chi connectivity index (χ0n) is 8.88. The molecule has 0 aliphatic carbocycles. The van der Waals surface area contributed by atoms with E-state index in [2.05, 4.69) is 15.2 Å². The minimum absolute atomic E-state index is 0.167. The smallest absolute Gasteiger partial charge is 0.240 e. The fraction of sp³-hybridized carbons (Fsp3) is 0.300. The van der Waals surface area contributed by atoms with E-state index < -0.39 is 0 Å². The van der Waals surface area contributed by atoms with Crippen LogP contribution in [0.15, 0.2) is 18.2 Å². The first kappa shape index (κ1) is 10.6. The van der Waals surface area contributed by atoms with Crippen molar-refractivity contribution in [3.63, 3.8) is 0 Å². The number of nitrogen functional groups attached to an aromatic ring is 1. The molecule has 0 spiro atoms. The van der Waals surface area contributed by atoms with Crippen molar-refractivity contribution in [2.24, 2.45) is 0 Å². The van der Waals surface area contributed by atoms with Crippen LogP contribution in [0.1, 0.15) is 0 Å². The first-order valence-electron chi connectivity index (χ1n) is 4.81. The highest BCUT2D eigenvalue weighted by molar-refractivity contribution is 5.75. The molecule has 0 fully saturated rings. The van der Waals surface area contributed by atoms with E-state index in [1.54, 1.807) is 19.2 Å². The number of fused-ring (bicyclic) bond motifs is 1. The molecule has 0 saturated heterocycles. The van der Waals surface area contributed by atoms with Gasteiger partial charge in [0.2, 0.25) is 5.95 Å². The Kier molecular flexibility index (Phi) is 3.11. The molecule has 1 heterocycles. The Morgan fingerprint density at radius 2 is 2.06 bits per heavy atom. The molecule has 84 valence electrons. The summed E-state index contributed by atoms with van der Waals surface area (Å²) in [6.07, 6.45) is 0. The maximum atomic E-state index is 5.43. The van der Waals surface area contributed by atoms with E-state index in [9.17, 15) is 0 Å². The molecule has 0 radical (unpaired) electrons. The maximum absolute atomic E-state index is 5.43. The van der Waals surface area contributed by atoms with E-state index in [1.807, 2.05) is 6.07 Å². The van der Waals surface area contributed by atoms with E-state index in [0.29, 0.717) is 30.0 Å². The SMILES string of the molecule is COCCOc1ccc2nc(N)nnc2c1. The van der Waals surface area contributed by atoms with Gasteiger partial charge in [-0.1, -0.05) is 0 Å². The van der Waals surface area contributed by atoms with Crippen molar-refractivity contribution in [3.05, 3.63) is 18.2 Å². The second kappa shape index (κ2) is 4.71. The lowest BCUT2D eigenvalue weighted by atomic mass is 10.3. The Labute approximate surface area is 92.4 Å². The molecule has 0 unspecified atom stereocenters. The minimum Gasteiger partial charge on any atom is -0.491 e. The monoisotopic (exact) mass is 220 g/mol. The molecule has 6 nitrogen and oxygen atoms in total. The highest BCUT2D eigenvalue weighted by Crippen LogP contribution is 2.17. The van der Waals surface area contributed by atoms with Crippen LogP contribution in [-0.2, 0) is 4.74 Å². The van der Waals surface area contributed by atoms with Crippen LogP contribution in [0.4, 0.5) is 5.95 Å². The van der Waals surface area contributed by atoms with Crippen molar-refractivity contribution in [2.75, 3.05) is 26.1 Å². The zero-order valence-corrected chi connectivity index (χ0v) is 8.88. The zero-order chi connectivity index (χ0) is 11.4. The fourth-order valence-corrected chi connectivity index (χ4v) is 1.26. The first-order chi connectivity index (χ1) is 7.79. The fourth-order valence-electron chi connectivity index (χ4n) is 1.26. The van der Waals surface area contributed by atoms with Crippen molar-refractivity contribution >= 4 is 17.0 Å². The van der Waals surface area contributed by atoms with E-state index >= 15 is 0 Å². The van der Waals surface area contributed by atoms with Crippen LogP contribution in [0.3, 0.4) is 0 Å². The number of nitrogens with zero attached hydrogens (tertiary/aromatic N) is 3. The Morgan fingerprint density at radius 3 is 2.88 bits per heavy atom. The maximum Gasteiger partial charge on any atom is 0.240 e. The number of methoxy groups -OCH3 is 1. The van der Waals surface area contributed by atoms with Crippen LogP contribution in [0.25, 0.3) is 11.0 Å². The third-order valence-electron chi connectivity index (χ3n) is 2.00. The average Bonchev–Trinajstić information content (AvgIpc) is 2.29. The van der Waals surface area contributed by atoms with Crippen molar-refractivity contribution in [1.29, 1.82) is 0 Å². The van der Waals surface area contributed by atoms with Crippen LogP contribution in [0.2, 0.25) is 0 Å². The summed E-state index contributed by atoms with van der Waals surface area (Å²) in [6, 6.07) is 5.37. The van der Waals surface area contributed by atoms with Gasteiger partial charge in [0.25, 0.3) is 0 Å². The van der Waals surface area contributed by atoms with Crippen molar-refractivity contribution in [2.45, 2.75) is 0 Å². The average molecular weight is 220 g/mol. The van der Waals surface area contributed by atoms with Crippen LogP contribution in [-0.4, -0.2) is 35.5 Å². The van der Waals surface area contributed by atoms with Gasteiger partial charge in [0.15, 0.2) is 0 Å². The molecule has 0 aliphatic rings. The van der Waals surface area contributed by atoms with Gasteiger partial charge in [-0.25, -0.2) is 4.98 Å². The van der Waals surface area contributed by atoms with E-state index in [4.69, 9.17) is 15.2 Å². The first-order valence-corrected chi connectivity index (χ1v) is 4.81. The van der Waals surface area contributed by atoms with Crippen LogP contribution in [0.5, 0.6) is 5.75 Å². The minimum atomic E-state index is 0.167. The van der Waals surface area contributed by atoms with Gasteiger partial charge in [-0.15, -0.1) is 10.2 Å². The van der Waals surface area contributed by atoms with Crippen LogP contribution >= 0.6 is 0 Å². The van der Waals surface area contributed by atoms with Gasteiger partial charge in [-0.2, -0.15) is 0 Å². The molecule has 2 aromatic rings. The number of nitrogens with two attached hydrogens (primary N) is 1. The summed E-state index contributed by atoms with van der Waals surface area (Å²) in [6.45, 7) is 1.04. The second-order valence-electron chi connectivity index (χ2n) is 3.16. The van der Waals surface area contributed by atoms with Gasteiger partial charge in [0, 0.05) is 13.2 Å². The lowest BCUT2D eigenvalue weighted by Gasteiger charge is -2.05. The Hall–Kier alpha value is -1.95. The molecule has 0 atom stereocenters. The summed E-state index contributed by atoms with van der Waals surface area (Å²) >= 11 is 0. The number of rotatable bonds is 4. The number of benzene rings is 1. The number of ether oxygens (including phenoxy) is 2. The molecule has 1 aromatic heterocycles. The molecule has 0 saturated carbocycles. The summed E-state index contributed by atoms with van der Waals surface area (Å²) in [7, 11) is 1.63. The predicted molar refractivity (Wildman–Crippen MR) is 59.1 cm³/mol. The molecular formula is C10H12N4O2. The topological polar surface area (TPSA) is 83.2 Å². The summed E-state index contributed by atoms with van der Waals surface area (Å²) in [4.78, 5) is 4.04. The summed E-state index contributed by atoms with van der Waals surface area (Å²) in [5.74, 6) is 0.881. The van der Waals surface area contributed by atoms with Gasteiger partial charge in [-0.05, 0) is 12.1 Å². The van der Waals surface area contributed by atoms with Gasteiger partial charge in [0.1, 0.15) is 17.9 Å². The van der Waals surface area contributed by atoms with E-state index in [-0.39, 0.29) is 5.95 Å². The van der Waals surface area contributed by atoms with Crippen LogP contribution < -0.4 is 10.5 Å².